The Kier molecular flexibility index (Phi) is 3.64. The van der Waals surface area contributed by atoms with Gasteiger partial charge in [-0.3, -0.25) is 0 Å². The first-order chi connectivity index (χ1) is 10.2. The predicted octanol–water partition coefficient (Wildman–Crippen LogP) is 2.28. The summed E-state index contributed by atoms with van der Waals surface area (Å²) in [5.41, 5.74) is 0.903. The summed E-state index contributed by atoms with van der Waals surface area (Å²) in [6, 6.07) is 13.9. The van der Waals surface area contributed by atoms with Gasteiger partial charge in [-0.25, -0.2) is 4.79 Å². The topological polar surface area (TPSA) is 65.0 Å². The molecule has 21 heavy (non-hydrogen) atoms. The van der Waals surface area contributed by atoms with E-state index in [-0.39, 0.29) is 19.0 Å². The van der Waals surface area contributed by atoms with Crippen LogP contribution in [-0.4, -0.2) is 23.8 Å². The van der Waals surface area contributed by atoms with Crippen LogP contribution >= 0.6 is 0 Å². The van der Waals surface area contributed by atoms with E-state index in [1.165, 1.54) is 12.1 Å². The van der Waals surface area contributed by atoms with Gasteiger partial charge in [0.05, 0.1) is 0 Å². The second kappa shape index (κ2) is 5.75. The van der Waals surface area contributed by atoms with Crippen LogP contribution in [0.1, 0.15) is 5.56 Å². The molecule has 5 heteroatoms. The third-order valence-corrected chi connectivity index (χ3v) is 3.07. The molecule has 0 spiro atoms. The summed E-state index contributed by atoms with van der Waals surface area (Å²) in [6.45, 7) is 0.276. The number of aromatic hydroxyl groups is 1. The zero-order valence-corrected chi connectivity index (χ0v) is 11.2. The molecule has 1 aliphatic rings. The first kappa shape index (κ1) is 13.3. The number of phenolic OH excluding ortho intramolecular Hbond substituents is 1. The summed E-state index contributed by atoms with van der Waals surface area (Å²) < 4.78 is 16.1. The molecule has 5 nitrogen and oxygen atoms in total. The van der Waals surface area contributed by atoms with Crippen LogP contribution in [0.25, 0.3) is 0 Å². The van der Waals surface area contributed by atoms with Gasteiger partial charge in [-0.1, -0.05) is 30.3 Å². The normalized spacial score (nSPS) is 16.3. The Hall–Kier alpha value is -2.69. The van der Waals surface area contributed by atoms with E-state index in [1.54, 1.807) is 6.07 Å². The van der Waals surface area contributed by atoms with Crippen LogP contribution in [0.5, 0.6) is 17.2 Å². The van der Waals surface area contributed by atoms with Crippen molar-refractivity contribution in [1.82, 2.24) is 0 Å². The summed E-state index contributed by atoms with van der Waals surface area (Å²) in [6.07, 6.45) is -0.831. The highest BCUT2D eigenvalue weighted by Crippen LogP contribution is 2.34. The first-order valence-corrected chi connectivity index (χ1v) is 6.55. The van der Waals surface area contributed by atoms with E-state index in [2.05, 4.69) is 0 Å². The zero-order chi connectivity index (χ0) is 14.7. The van der Waals surface area contributed by atoms with Crippen molar-refractivity contribution in [3.05, 3.63) is 54.1 Å². The summed E-state index contributed by atoms with van der Waals surface area (Å²) in [7, 11) is 0. The molecule has 0 aromatic heterocycles. The van der Waals surface area contributed by atoms with Crippen molar-refractivity contribution in [3.8, 4) is 17.2 Å². The molecule has 1 aliphatic heterocycles. The molecular weight excluding hydrogens is 272 g/mol. The van der Waals surface area contributed by atoms with Gasteiger partial charge in [-0.2, -0.15) is 0 Å². The number of carbonyl (C=O) groups excluding carboxylic acids is 1. The van der Waals surface area contributed by atoms with E-state index in [9.17, 15) is 9.90 Å². The molecule has 1 unspecified atom stereocenters. The molecule has 0 fully saturated rings. The first-order valence-electron chi connectivity index (χ1n) is 6.55. The Morgan fingerprint density at radius 2 is 2.00 bits per heavy atom. The van der Waals surface area contributed by atoms with Crippen molar-refractivity contribution < 1.29 is 24.1 Å². The molecule has 1 N–H and O–H groups in total. The van der Waals surface area contributed by atoms with Crippen LogP contribution in [0.2, 0.25) is 0 Å². The Balaban J connectivity index is 1.61. The summed E-state index contributed by atoms with van der Waals surface area (Å²) in [5.74, 6) is 0.395. The van der Waals surface area contributed by atoms with E-state index in [0.717, 1.165) is 5.56 Å². The minimum atomic E-state index is -0.831. The Morgan fingerprint density at radius 1 is 1.19 bits per heavy atom. The molecule has 1 heterocycles. The van der Waals surface area contributed by atoms with Crippen LogP contribution < -0.4 is 9.47 Å². The fraction of sp³-hybridized carbons (Fsp3) is 0.188. The maximum absolute atomic E-state index is 12.0. The third kappa shape index (κ3) is 3.08. The van der Waals surface area contributed by atoms with Crippen molar-refractivity contribution >= 4 is 5.97 Å². The minimum absolute atomic E-state index is 0.0515. The zero-order valence-electron chi connectivity index (χ0n) is 11.2. The molecule has 0 saturated carbocycles. The van der Waals surface area contributed by atoms with Gasteiger partial charge in [-0.15, -0.1) is 0 Å². The number of phenols is 1. The molecule has 0 saturated heterocycles. The number of carbonyl (C=O) groups is 1. The Morgan fingerprint density at radius 3 is 2.81 bits per heavy atom. The number of fused-ring (bicyclic) bond motifs is 1. The summed E-state index contributed by atoms with van der Waals surface area (Å²) in [4.78, 5) is 12.0. The Bertz CT molecular complexity index is 638. The SMILES string of the molecule is O=C(OCc1ccccc1)C1COc2ccc(O)cc2O1. The number of rotatable bonds is 3. The molecule has 1 atom stereocenters. The number of esters is 1. The van der Waals surface area contributed by atoms with Gasteiger partial charge in [0.25, 0.3) is 0 Å². The van der Waals surface area contributed by atoms with E-state index in [1.807, 2.05) is 30.3 Å². The highest BCUT2D eigenvalue weighted by molar-refractivity contribution is 5.76. The van der Waals surface area contributed by atoms with Crippen LogP contribution in [0.15, 0.2) is 48.5 Å². The molecule has 0 radical (unpaired) electrons. The fourth-order valence-corrected chi connectivity index (χ4v) is 2.00. The lowest BCUT2D eigenvalue weighted by Crippen LogP contribution is -2.37. The molecular formula is C16H14O5. The number of benzene rings is 2. The number of hydrogen-bond acceptors (Lipinski definition) is 5. The van der Waals surface area contributed by atoms with E-state index >= 15 is 0 Å². The third-order valence-electron chi connectivity index (χ3n) is 3.07. The van der Waals surface area contributed by atoms with Gasteiger partial charge in [0.1, 0.15) is 19.0 Å². The quantitative estimate of drug-likeness (QED) is 0.877. The monoisotopic (exact) mass is 286 g/mol. The van der Waals surface area contributed by atoms with Crippen LogP contribution in [-0.2, 0) is 16.1 Å². The van der Waals surface area contributed by atoms with Crippen molar-refractivity contribution in [2.45, 2.75) is 12.7 Å². The van der Waals surface area contributed by atoms with Gasteiger partial charge >= 0.3 is 5.97 Å². The molecule has 108 valence electrons. The van der Waals surface area contributed by atoms with Gasteiger partial charge in [0.15, 0.2) is 11.5 Å². The molecule has 0 amide bonds. The van der Waals surface area contributed by atoms with Crippen molar-refractivity contribution in [1.29, 1.82) is 0 Å². The molecule has 2 aromatic rings. The standard InChI is InChI=1S/C16H14O5/c17-12-6-7-13-14(8-12)21-15(10-19-13)16(18)20-9-11-4-2-1-3-5-11/h1-8,15,17H,9-10H2. The summed E-state index contributed by atoms with van der Waals surface area (Å²) in [5, 5.41) is 9.41. The lowest BCUT2D eigenvalue weighted by molar-refractivity contribution is -0.155. The van der Waals surface area contributed by atoms with Crippen molar-refractivity contribution in [3.63, 3.8) is 0 Å². The molecule has 0 aliphatic carbocycles. The van der Waals surface area contributed by atoms with Crippen LogP contribution in [0.3, 0.4) is 0 Å². The van der Waals surface area contributed by atoms with E-state index < -0.39 is 12.1 Å². The number of ether oxygens (including phenoxy) is 3. The molecule has 3 rings (SSSR count). The second-order valence-corrected chi connectivity index (χ2v) is 4.64. The largest absolute Gasteiger partial charge is 0.508 e. The van der Waals surface area contributed by atoms with Crippen LogP contribution in [0.4, 0.5) is 0 Å². The number of hydrogen-bond donors (Lipinski definition) is 1. The maximum Gasteiger partial charge on any atom is 0.351 e. The fourth-order valence-electron chi connectivity index (χ4n) is 2.00. The van der Waals surface area contributed by atoms with Gasteiger partial charge in [-0.05, 0) is 17.7 Å². The lowest BCUT2D eigenvalue weighted by Gasteiger charge is -2.25. The maximum atomic E-state index is 12.0. The summed E-state index contributed by atoms with van der Waals surface area (Å²) >= 11 is 0. The van der Waals surface area contributed by atoms with E-state index in [4.69, 9.17) is 14.2 Å². The second-order valence-electron chi connectivity index (χ2n) is 4.64. The van der Waals surface area contributed by atoms with Crippen molar-refractivity contribution in [2.75, 3.05) is 6.61 Å². The van der Waals surface area contributed by atoms with Gasteiger partial charge in [0, 0.05) is 6.07 Å². The highest BCUT2D eigenvalue weighted by atomic mass is 16.6. The Labute approximate surface area is 121 Å². The van der Waals surface area contributed by atoms with Gasteiger partial charge < -0.3 is 19.3 Å². The minimum Gasteiger partial charge on any atom is -0.508 e. The highest BCUT2D eigenvalue weighted by Gasteiger charge is 2.29. The smallest absolute Gasteiger partial charge is 0.351 e. The van der Waals surface area contributed by atoms with Crippen LogP contribution in [0, 0.1) is 0 Å². The van der Waals surface area contributed by atoms with Crippen molar-refractivity contribution in [2.24, 2.45) is 0 Å². The lowest BCUT2D eigenvalue weighted by atomic mass is 10.2. The molecule has 0 bridgehead atoms. The average molecular weight is 286 g/mol. The van der Waals surface area contributed by atoms with E-state index in [0.29, 0.717) is 11.5 Å². The average Bonchev–Trinajstić information content (AvgIpc) is 2.53. The predicted molar refractivity (Wildman–Crippen MR) is 74.3 cm³/mol. The molecule has 2 aromatic carbocycles. The van der Waals surface area contributed by atoms with Gasteiger partial charge in [0.2, 0.25) is 6.10 Å².